The maximum atomic E-state index is 12.2. The zero-order chi connectivity index (χ0) is 17.3. The van der Waals surface area contributed by atoms with Crippen molar-refractivity contribution in [2.24, 2.45) is 0 Å². The molecule has 1 aromatic carbocycles. The monoisotopic (exact) mass is 396 g/mol. The second kappa shape index (κ2) is 6.63. The number of fused-ring (bicyclic) bond motifs is 2. The van der Waals surface area contributed by atoms with Crippen LogP contribution in [0.15, 0.2) is 22.7 Å². The molecule has 2 bridgehead atoms. The second-order valence-corrected chi connectivity index (χ2v) is 7.45. The van der Waals surface area contributed by atoms with E-state index in [0.29, 0.717) is 5.69 Å². The normalized spacial score (nSPS) is 25.4. The van der Waals surface area contributed by atoms with E-state index in [1.54, 1.807) is 0 Å². The average Bonchev–Trinajstić information content (AvgIpc) is 2.76. The summed E-state index contributed by atoms with van der Waals surface area (Å²) in [5.74, 6) is 0. The number of nitrogens with one attached hydrogen (secondary N) is 1. The van der Waals surface area contributed by atoms with E-state index in [1.165, 1.54) is 4.90 Å². The number of benzene rings is 1. The minimum atomic E-state index is -0.914. The molecule has 2 atom stereocenters. The highest BCUT2D eigenvalue weighted by Crippen LogP contribution is 2.44. The van der Waals surface area contributed by atoms with Crippen molar-refractivity contribution in [3.05, 3.63) is 28.2 Å². The smallest absolute Gasteiger partial charge is 0.411 e. The Morgan fingerprint density at radius 3 is 2.92 bits per heavy atom. The van der Waals surface area contributed by atoms with Gasteiger partial charge in [-0.05, 0) is 66.6 Å². The Kier molecular flexibility index (Phi) is 4.71. The summed E-state index contributed by atoms with van der Waals surface area (Å²) >= 11 is 3.41. The number of halogens is 1. The average molecular weight is 397 g/mol. The quantitative estimate of drug-likeness (QED) is 0.794. The van der Waals surface area contributed by atoms with Gasteiger partial charge >= 0.3 is 12.2 Å². The Labute approximate surface area is 149 Å². The Hall–Kier alpha value is -1.76. The fourth-order valence-electron chi connectivity index (χ4n) is 3.96. The zero-order valence-electron chi connectivity index (χ0n) is 13.5. The number of hydrogen-bond donors (Lipinski definition) is 2. The van der Waals surface area contributed by atoms with Crippen LogP contribution in [0.3, 0.4) is 0 Å². The molecule has 2 aliphatic heterocycles. The van der Waals surface area contributed by atoms with Crippen LogP contribution >= 0.6 is 15.9 Å². The fraction of sp³-hybridized carbons (Fsp3) is 0.529. The Balaban J connectivity index is 1.66. The first-order chi connectivity index (χ1) is 11.4. The number of piperidine rings is 1. The van der Waals surface area contributed by atoms with Gasteiger partial charge in [-0.25, -0.2) is 9.59 Å². The number of carbonyl (C=O) groups is 2. The Morgan fingerprint density at radius 2 is 2.21 bits per heavy atom. The van der Waals surface area contributed by atoms with E-state index in [-0.39, 0.29) is 12.6 Å². The molecule has 2 saturated heterocycles. The molecule has 7 heteroatoms. The summed E-state index contributed by atoms with van der Waals surface area (Å²) in [7, 11) is 0. The minimum absolute atomic E-state index is 0.0634. The van der Waals surface area contributed by atoms with Crippen LogP contribution in [-0.2, 0) is 4.74 Å². The third-order valence-electron chi connectivity index (χ3n) is 5.13. The number of rotatable bonds is 3. The SMILES string of the molecule is Cc1cccc(Br)c1NC(=O)OC[C@]12CCC[C@H](CC1)N2C(=O)O. The lowest BCUT2D eigenvalue weighted by Gasteiger charge is -2.42. The van der Waals surface area contributed by atoms with E-state index < -0.39 is 17.7 Å². The third-order valence-corrected chi connectivity index (χ3v) is 5.79. The number of aryl methyl sites for hydroxylation is 1. The predicted octanol–water partition coefficient (Wildman–Crippen LogP) is 4.37. The summed E-state index contributed by atoms with van der Waals surface area (Å²) in [6.07, 6.45) is 2.75. The molecule has 1 aromatic rings. The standard InChI is InChI=1S/C17H21BrN2O4/c1-11-4-2-6-13(18)14(11)19-15(21)24-10-17-8-3-5-12(7-9-17)20(17)16(22)23/h2,4,6,12H,3,5,7-10H2,1H3,(H,19,21)(H,22,23)/t12-,17+/m1/s1. The summed E-state index contributed by atoms with van der Waals surface area (Å²) in [4.78, 5) is 25.3. The predicted molar refractivity (Wildman–Crippen MR) is 93.3 cm³/mol. The van der Waals surface area contributed by atoms with Crippen molar-refractivity contribution in [3.63, 3.8) is 0 Å². The molecule has 0 unspecified atom stereocenters. The van der Waals surface area contributed by atoms with Gasteiger partial charge in [-0.15, -0.1) is 0 Å². The van der Waals surface area contributed by atoms with Gasteiger partial charge in [0, 0.05) is 10.5 Å². The topological polar surface area (TPSA) is 78.9 Å². The number of anilines is 1. The first kappa shape index (κ1) is 17.1. The van der Waals surface area contributed by atoms with Crippen LogP contribution in [0.1, 0.15) is 37.7 Å². The highest BCUT2D eigenvalue weighted by atomic mass is 79.9. The van der Waals surface area contributed by atoms with Crippen molar-refractivity contribution in [3.8, 4) is 0 Å². The maximum absolute atomic E-state index is 12.2. The zero-order valence-corrected chi connectivity index (χ0v) is 15.1. The molecule has 2 aliphatic rings. The summed E-state index contributed by atoms with van der Waals surface area (Å²) in [6.45, 7) is 2.00. The molecular weight excluding hydrogens is 376 g/mol. The van der Waals surface area contributed by atoms with E-state index in [1.807, 2.05) is 25.1 Å². The van der Waals surface area contributed by atoms with E-state index >= 15 is 0 Å². The summed E-state index contributed by atoms with van der Waals surface area (Å²) in [5.41, 5.74) is 1.03. The van der Waals surface area contributed by atoms with Gasteiger partial charge in [0.05, 0.1) is 11.2 Å². The number of carboxylic acid groups (broad SMARTS) is 1. The van der Waals surface area contributed by atoms with Gasteiger partial charge < -0.3 is 9.84 Å². The Morgan fingerprint density at radius 1 is 1.42 bits per heavy atom. The molecule has 0 radical (unpaired) electrons. The van der Waals surface area contributed by atoms with Crippen molar-refractivity contribution in [2.75, 3.05) is 11.9 Å². The van der Waals surface area contributed by atoms with Gasteiger partial charge in [0.15, 0.2) is 0 Å². The van der Waals surface area contributed by atoms with Crippen LogP contribution in [0.2, 0.25) is 0 Å². The molecular formula is C17H21BrN2O4. The van der Waals surface area contributed by atoms with Crippen LogP contribution in [-0.4, -0.2) is 40.4 Å². The number of ether oxygens (including phenoxy) is 1. The van der Waals surface area contributed by atoms with Gasteiger partial charge in [0.1, 0.15) is 6.61 Å². The van der Waals surface area contributed by atoms with Crippen LogP contribution in [0.4, 0.5) is 15.3 Å². The molecule has 2 N–H and O–H groups in total. The molecule has 2 heterocycles. The molecule has 3 rings (SSSR count). The van der Waals surface area contributed by atoms with Gasteiger partial charge in [-0.2, -0.15) is 0 Å². The number of amides is 2. The van der Waals surface area contributed by atoms with Gasteiger partial charge in [-0.3, -0.25) is 10.2 Å². The van der Waals surface area contributed by atoms with Gasteiger partial charge in [0.2, 0.25) is 0 Å². The number of para-hydroxylation sites is 1. The minimum Gasteiger partial charge on any atom is -0.465 e. The first-order valence-electron chi connectivity index (χ1n) is 8.14. The lowest BCUT2D eigenvalue weighted by Crippen LogP contribution is -2.55. The second-order valence-electron chi connectivity index (χ2n) is 6.59. The lowest BCUT2D eigenvalue weighted by molar-refractivity contribution is 0.0110. The van der Waals surface area contributed by atoms with Crippen molar-refractivity contribution in [1.82, 2.24) is 4.90 Å². The van der Waals surface area contributed by atoms with Crippen LogP contribution in [0.5, 0.6) is 0 Å². The van der Waals surface area contributed by atoms with Gasteiger partial charge in [0.25, 0.3) is 0 Å². The van der Waals surface area contributed by atoms with Crippen molar-refractivity contribution in [2.45, 2.75) is 50.6 Å². The molecule has 6 nitrogen and oxygen atoms in total. The molecule has 0 saturated carbocycles. The summed E-state index contributed by atoms with van der Waals surface area (Å²) in [5, 5.41) is 12.3. The van der Waals surface area contributed by atoms with E-state index in [4.69, 9.17) is 4.74 Å². The highest BCUT2D eigenvalue weighted by Gasteiger charge is 2.52. The fourth-order valence-corrected chi connectivity index (χ4v) is 4.52. The molecule has 0 aliphatic carbocycles. The molecule has 0 spiro atoms. The maximum Gasteiger partial charge on any atom is 0.411 e. The van der Waals surface area contributed by atoms with E-state index in [9.17, 15) is 14.7 Å². The summed E-state index contributed by atoms with van der Waals surface area (Å²) in [6, 6.07) is 5.69. The van der Waals surface area contributed by atoms with Crippen molar-refractivity contribution >= 4 is 33.8 Å². The van der Waals surface area contributed by atoms with Crippen LogP contribution in [0, 0.1) is 6.92 Å². The Bertz CT molecular complexity index is 642. The molecule has 24 heavy (non-hydrogen) atoms. The first-order valence-corrected chi connectivity index (χ1v) is 8.93. The third kappa shape index (κ3) is 3.09. The molecule has 2 amide bonds. The van der Waals surface area contributed by atoms with Crippen molar-refractivity contribution < 1.29 is 19.4 Å². The number of carbonyl (C=O) groups excluding carboxylic acids is 1. The number of nitrogens with zero attached hydrogens (tertiary/aromatic N) is 1. The molecule has 2 fully saturated rings. The van der Waals surface area contributed by atoms with Gasteiger partial charge in [-0.1, -0.05) is 12.1 Å². The molecule has 0 aromatic heterocycles. The lowest BCUT2D eigenvalue weighted by atomic mass is 9.89. The largest absolute Gasteiger partial charge is 0.465 e. The van der Waals surface area contributed by atoms with Crippen LogP contribution < -0.4 is 5.32 Å². The van der Waals surface area contributed by atoms with Crippen molar-refractivity contribution in [1.29, 1.82) is 0 Å². The van der Waals surface area contributed by atoms with E-state index in [0.717, 1.165) is 42.1 Å². The highest BCUT2D eigenvalue weighted by molar-refractivity contribution is 9.10. The molecule has 130 valence electrons. The van der Waals surface area contributed by atoms with E-state index in [2.05, 4.69) is 21.2 Å². The number of hydrogen-bond acceptors (Lipinski definition) is 3. The van der Waals surface area contributed by atoms with Crippen LogP contribution in [0.25, 0.3) is 0 Å². The summed E-state index contributed by atoms with van der Waals surface area (Å²) < 4.78 is 6.20.